The van der Waals surface area contributed by atoms with Crippen molar-refractivity contribution in [1.29, 1.82) is 0 Å². The first-order chi connectivity index (χ1) is 8.66. The second-order valence-electron chi connectivity index (χ2n) is 4.83. The van der Waals surface area contributed by atoms with E-state index in [0.29, 0.717) is 12.6 Å². The van der Waals surface area contributed by atoms with E-state index < -0.39 is 6.10 Å². The lowest BCUT2D eigenvalue weighted by molar-refractivity contribution is -0.120. The monoisotopic (exact) mass is 284 g/mol. The Hall–Kier alpha value is -1.10. The van der Waals surface area contributed by atoms with Gasteiger partial charge in [0, 0.05) is 12.6 Å². The standard InChI is InChI=1S/C14H20N2O2.ClH/c1-10-4-2-3-5-12(10)13(17)8-16-14(18)9-15-11-6-7-11;/h2-5,11,13,15,17H,6-9H2,1H3,(H,16,18);1H. The molecule has 1 amide bonds. The summed E-state index contributed by atoms with van der Waals surface area (Å²) in [6.45, 7) is 2.55. The first-order valence-corrected chi connectivity index (χ1v) is 6.40. The Bertz CT molecular complexity index is 422. The summed E-state index contributed by atoms with van der Waals surface area (Å²) in [7, 11) is 0. The van der Waals surface area contributed by atoms with E-state index >= 15 is 0 Å². The zero-order valence-electron chi connectivity index (χ0n) is 11.1. The highest BCUT2D eigenvalue weighted by Crippen LogP contribution is 2.18. The van der Waals surface area contributed by atoms with Gasteiger partial charge in [-0.3, -0.25) is 4.79 Å². The van der Waals surface area contributed by atoms with Crippen LogP contribution >= 0.6 is 12.4 Å². The SMILES string of the molecule is Cc1ccccc1C(O)CNC(=O)CNC1CC1.Cl. The molecule has 3 N–H and O–H groups in total. The molecule has 0 spiro atoms. The van der Waals surface area contributed by atoms with Gasteiger partial charge in [-0.15, -0.1) is 12.4 Å². The van der Waals surface area contributed by atoms with Crippen LogP contribution in [0.1, 0.15) is 30.1 Å². The Morgan fingerprint density at radius 1 is 1.42 bits per heavy atom. The minimum Gasteiger partial charge on any atom is -0.387 e. The topological polar surface area (TPSA) is 61.4 Å². The largest absolute Gasteiger partial charge is 0.387 e. The van der Waals surface area contributed by atoms with Crippen molar-refractivity contribution in [3.63, 3.8) is 0 Å². The van der Waals surface area contributed by atoms with E-state index in [-0.39, 0.29) is 24.9 Å². The molecular weight excluding hydrogens is 264 g/mol. The summed E-state index contributed by atoms with van der Waals surface area (Å²) in [5.74, 6) is -0.0606. The number of aryl methyl sites for hydroxylation is 1. The quantitative estimate of drug-likeness (QED) is 0.738. The normalized spacial score (nSPS) is 15.5. The van der Waals surface area contributed by atoms with Crippen LogP contribution in [0, 0.1) is 6.92 Å². The summed E-state index contributed by atoms with van der Waals surface area (Å²) in [6.07, 6.45) is 1.69. The lowest BCUT2D eigenvalue weighted by atomic mass is 10.0. The molecule has 1 aromatic rings. The van der Waals surface area contributed by atoms with Gasteiger partial charge in [0.15, 0.2) is 0 Å². The molecule has 1 saturated carbocycles. The van der Waals surface area contributed by atoms with Crippen LogP contribution in [0.3, 0.4) is 0 Å². The molecule has 1 aromatic carbocycles. The number of benzene rings is 1. The molecule has 1 aliphatic carbocycles. The van der Waals surface area contributed by atoms with Gasteiger partial charge in [0.05, 0.1) is 12.6 Å². The predicted octanol–water partition coefficient (Wildman–Crippen LogP) is 1.32. The molecule has 1 fully saturated rings. The van der Waals surface area contributed by atoms with Crippen molar-refractivity contribution in [2.24, 2.45) is 0 Å². The van der Waals surface area contributed by atoms with Crippen LogP contribution in [0.25, 0.3) is 0 Å². The highest BCUT2D eigenvalue weighted by Gasteiger charge is 2.21. The fourth-order valence-corrected chi connectivity index (χ4v) is 1.87. The van der Waals surface area contributed by atoms with E-state index in [1.54, 1.807) is 0 Å². The zero-order valence-corrected chi connectivity index (χ0v) is 11.9. The first-order valence-electron chi connectivity index (χ1n) is 6.40. The van der Waals surface area contributed by atoms with Gasteiger partial charge in [0.1, 0.15) is 0 Å². The number of halogens is 1. The number of hydrogen-bond acceptors (Lipinski definition) is 3. The number of carbonyl (C=O) groups excluding carboxylic acids is 1. The third kappa shape index (κ3) is 5.19. The van der Waals surface area contributed by atoms with E-state index in [2.05, 4.69) is 10.6 Å². The summed E-state index contributed by atoms with van der Waals surface area (Å²) in [6, 6.07) is 8.19. The Morgan fingerprint density at radius 2 is 2.11 bits per heavy atom. The molecule has 0 aromatic heterocycles. The van der Waals surface area contributed by atoms with Crippen LogP contribution in [-0.4, -0.2) is 30.1 Å². The number of hydrogen-bond donors (Lipinski definition) is 3. The van der Waals surface area contributed by atoms with E-state index in [9.17, 15) is 9.90 Å². The summed E-state index contributed by atoms with van der Waals surface area (Å²) in [5, 5.41) is 15.9. The minimum atomic E-state index is -0.643. The fraction of sp³-hybridized carbons (Fsp3) is 0.500. The van der Waals surface area contributed by atoms with Crippen molar-refractivity contribution in [2.45, 2.75) is 31.9 Å². The summed E-state index contributed by atoms with van der Waals surface area (Å²) in [5.41, 5.74) is 1.91. The smallest absolute Gasteiger partial charge is 0.234 e. The van der Waals surface area contributed by atoms with Gasteiger partial charge >= 0.3 is 0 Å². The summed E-state index contributed by atoms with van der Waals surface area (Å²) >= 11 is 0. The summed E-state index contributed by atoms with van der Waals surface area (Å²) in [4.78, 5) is 11.5. The van der Waals surface area contributed by atoms with Gasteiger partial charge in [0.25, 0.3) is 0 Å². The van der Waals surface area contributed by atoms with E-state index in [1.165, 1.54) is 12.8 Å². The third-order valence-corrected chi connectivity index (χ3v) is 3.17. The molecule has 0 bridgehead atoms. The van der Waals surface area contributed by atoms with Gasteiger partial charge in [-0.1, -0.05) is 24.3 Å². The van der Waals surface area contributed by atoms with Gasteiger partial charge in [-0.25, -0.2) is 0 Å². The molecular formula is C14H21ClN2O2. The number of aliphatic hydroxyl groups is 1. The predicted molar refractivity (Wildman–Crippen MR) is 77.4 cm³/mol. The molecule has 1 aliphatic rings. The highest BCUT2D eigenvalue weighted by atomic mass is 35.5. The van der Waals surface area contributed by atoms with Crippen molar-refractivity contribution in [3.05, 3.63) is 35.4 Å². The van der Waals surface area contributed by atoms with Crippen molar-refractivity contribution >= 4 is 18.3 Å². The Balaban J connectivity index is 0.00000180. The van der Waals surface area contributed by atoms with Gasteiger partial charge in [0.2, 0.25) is 5.91 Å². The maximum Gasteiger partial charge on any atom is 0.234 e. The van der Waals surface area contributed by atoms with Crippen molar-refractivity contribution in [3.8, 4) is 0 Å². The van der Waals surface area contributed by atoms with Crippen LogP contribution in [0.15, 0.2) is 24.3 Å². The van der Waals surface area contributed by atoms with E-state index in [1.807, 2.05) is 31.2 Å². The molecule has 4 nitrogen and oxygen atoms in total. The number of rotatable bonds is 6. The molecule has 1 unspecified atom stereocenters. The lowest BCUT2D eigenvalue weighted by Gasteiger charge is -2.14. The van der Waals surface area contributed by atoms with Crippen LogP contribution in [0.2, 0.25) is 0 Å². The average molecular weight is 285 g/mol. The van der Waals surface area contributed by atoms with Gasteiger partial charge in [-0.05, 0) is 30.9 Å². The van der Waals surface area contributed by atoms with Gasteiger partial charge in [-0.2, -0.15) is 0 Å². The van der Waals surface area contributed by atoms with E-state index in [0.717, 1.165) is 11.1 Å². The van der Waals surface area contributed by atoms with Crippen LogP contribution in [0.5, 0.6) is 0 Å². The average Bonchev–Trinajstić information content (AvgIpc) is 3.18. The van der Waals surface area contributed by atoms with E-state index in [4.69, 9.17) is 0 Å². The lowest BCUT2D eigenvalue weighted by Crippen LogP contribution is -2.37. The maximum absolute atomic E-state index is 11.5. The Labute approximate surface area is 120 Å². The molecule has 19 heavy (non-hydrogen) atoms. The van der Waals surface area contributed by atoms with Crippen LogP contribution in [0.4, 0.5) is 0 Å². The maximum atomic E-state index is 11.5. The molecule has 5 heteroatoms. The zero-order chi connectivity index (χ0) is 13.0. The molecule has 1 atom stereocenters. The van der Waals surface area contributed by atoms with Crippen molar-refractivity contribution in [2.75, 3.05) is 13.1 Å². The molecule has 2 rings (SSSR count). The number of carbonyl (C=O) groups is 1. The highest BCUT2D eigenvalue weighted by molar-refractivity contribution is 5.85. The Kier molecular flexibility index (Phi) is 6.28. The number of nitrogens with one attached hydrogen (secondary N) is 2. The number of amides is 1. The minimum absolute atomic E-state index is 0. The molecule has 0 heterocycles. The second kappa shape index (κ2) is 7.48. The first kappa shape index (κ1) is 16.0. The van der Waals surface area contributed by atoms with Crippen molar-refractivity contribution < 1.29 is 9.90 Å². The second-order valence-corrected chi connectivity index (χ2v) is 4.83. The number of aliphatic hydroxyl groups excluding tert-OH is 1. The fourth-order valence-electron chi connectivity index (χ4n) is 1.87. The molecule has 0 aliphatic heterocycles. The molecule has 106 valence electrons. The van der Waals surface area contributed by atoms with Gasteiger partial charge < -0.3 is 15.7 Å². The summed E-state index contributed by atoms with van der Waals surface area (Å²) < 4.78 is 0. The van der Waals surface area contributed by atoms with Crippen molar-refractivity contribution in [1.82, 2.24) is 10.6 Å². The Morgan fingerprint density at radius 3 is 2.74 bits per heavy atom. The molecule has 0 radical (unpaired) electrons. The third-order valence-electron chi connectivity index (χ3n) is 3.17. The molecule has 0 saturated heterocycles. The van der Waals surface area contributed by atoms with Crippen LogP contribution in [-0.2, 0) is 4.79 Å². The van der Waals surface area contributed by atoms with Crippen LogP contribution < -0.4 is 10.6 Å².